The van der Waals surface area contributed by atoms with Gasteiger partial charge < -0.3 is 9.80 Å². The Bertz CT molecular complexity index is 2540. The lowest BCUT2D eigenvalue weighted by molar-refractivity contribution is 1.29. The van der Waals surface area contributed by atoms with Crippen molar-refractivity contribution in [2.24, 2.45) is 0 Å². The summed E-state index contributed by atoms with van der Waals surface area (Å²) in [6, 6.07) is 66.9. The van der Waals surface area contributed by atoms with E-state index >= 15 is 0 Å². The Morgan fingerprint density at radius 3 is 1.44 bits per heavy atom. The quantitative estimate of drug-likeness (QED) is 0.132. The Balaban J connectivity index is 1.06. The normalized spacial score (nSPS) is 12.5. The van der Waals surface area contributed by atoms with Crippen LogP contribution >= 0.6 is 0 Å². The summed E-state index contributed by atoms with van der Waals surface area (Å²) in [4.78, 5) is 4.78. The van der Waals surface area contributed by atoms with Crippen molar-refractivity contribution in [1.29, 1.82) is 0 Å². The second-order valence-corrected chi connectivity index (χ2v) is 15.2. The van der Waals surface area contributed by atoms with E-state index in [4.69, 9.17) is 0 Å². The van der Waals surface area contributed by atoms with Gasteiger partial charge in [0.1, 0.15) is 0 Å². The van der Waals surface area contributed by atoms with E-state index in [1.54, 1.807) is 0 Å². The number of hydrogen-bond acceptors (Lipinski definition) is 2. The molecule has 0 heterocycles. The number of para-hydroxylation sites is 1. The van der Waals surface area contributed by atoms with E-state index < -0.39 is 0 Å². The Hall–Kier alpha value is -5.99. The summed E-state index contributed by atoms with van der Waals surface area (Å²) in [6.45, 7) is 7.98. The van der Waals surface area contributed by atoms with Gasteiger partial charge >= 0.3 is 0 Å². The lowest BCUT2D eigenvalue weighted by Crippen LogP contribution is -2.26. The number of benzene rings is 8. The number of hydrogen-bond donors (Lipinski definition) is 0. The highest BCUT2D eigenvalue weighted by Crippen LogP contribution is 2.42. The van der Waals surface area contributed by atoms with Crippen LogP contribution in [0.3, 0.4) is 0 Å². The van der Waals surface area contributed by atoms with Gasteiger partial charge in [-0.25, -0.2) is 0 Å². The van der Waals surface area contributed by atoms with Crippen LogP contribution in [0.2, 0.25) is 26.3 Å². The van der Waals surface area contributed by atoms with E-state index in [0.717, 1.165) is 28.6 Å². The zero-order valence-corrected chi connectivity index (χ0v) is 31.4. The molecule has 1 fully saturated rings. The molecule has 260 valence electrons. The summed E-state index contributed by atoms with van der Waals surface area (Å²) in [5.41, 5.74) is 12.1. The summed E-state index contributed by atoms with van der Waals surface area (Å²) in [5, 5.41) is 5.03. The fourth-order valence-electron chi connectivity index (χ4n) is 8.08. The van der Waals surface area contributed by atoms with E-state index in [9.17, 15) is 0 Å². The van der Waals surface area contributed by atoms with Gasteiger partial charge in [-0.2, -0.15) is 0 Å². The van der Waals surface area contributed by atoms with Gasteiger partial charge in [-0.05, 0) is 82.6 Å². The van der Waals surface area contributed by atoms with Crippen molar-refractivity contribution >= 4 is 80.0 Å². The molecule has 0 spiro atoms. The second kappa shape index (κ2) is 14.4. The van der Waals surface area contributed by atoms with Gasteiger partial charge in [0.05, 0.1) is 11.4 Å². The summed E-state index contributed by atoms with van der Waals surface area (Å²) in [7, 11) is 0. The van der Waals surface area contributed by atoms with Crippen LogP contribution < -0.4 is 20.7 Å². The molecular weight excluding hydrogens is 650 g/mol. The summed E-state index contributed by atoms with van der Waals surface area (Å²) >= 11 is 0. The molecular formula is C50H44B2N2. The number of rotatable bonds is 10. The Morgan fingerprint density at radius 2 is 0.870 bits per heavy atom. The second-order valence-electron chi connectivity index (χ2n) is 15.2. The molecule has 0 aromatic heterocycles. The maximum Gasteiger partial charge on any atom is 0.175 e. The van der Waals surface area contributed by atoms with E-state index in [0.29, 0.717) is 13.4 Å². The van der Waals surface area contributed by atoms with Crippen molar-refractivity contribution < 1.29 is 0 Å². The van der Waals surface area contributed by atoms with E-state index in [1.807, 2.05) is 0 Å². The van der Waals surface area contributed by atoms with Crippen molar-refractivity contribution in [2.75, 3.05) is 9.80 Å². The Morgan fingerprint density at radius 1 is 0.407 bits per heavy atom. The van der Waals surface area contributed by atoms with E-state index in [-0.39, 0.29) is 0 Å². The molecule has 1 aliphatic carbocycles. The molecule has 0 bridgehead atoms. The van der Waals surface area contributed by atoms with E-state index in [2.05, 4.69) is 212 Å². The van der Waals surface area contributed by atoms with Gasteiger partial charge in [-0.3, -0.25) is 0 Å². The number of anilines is 6. The Kier molecular flexibility index (Phi) is 9.05. The van der Waals surface area contributed by atoms with Crippen LogP contribution in [0.5, 0.6) is 0 Å². The first-order valence-corrected chi connectivity index (χ1v) is 19.5. The summed E-state index contributed by atoms with van der Waals surface area (Å²) < 4.78 is 0. The fraction of sp³-hybridized carbons (Fsp3) is 0.120. The van der Waals surface area contributed by atoms with Crippen LogP contribution in [0.25, 0.3) is 32.7 Å². The molecule has 4 heteroatoms. The van der Waals surface area contributed by atoms with Crippen LogP contribution in [-0.4, -0.2) is 13.4 Å². The molecule has 8 aromatic rings. The van der Waals surface area contributed by atoms with Crippen molar-refractivity contribution in [3.05, 3.63) is 182 Å². The maximum absolute atomic E-state index is 2.42. The predicted molar refractivity (Wildman–Crippen MR) is 238 cm³/mol. The molecule has 0 saturated heterocycles. The first kappa shape index (κ1) is 33.8. The highest BCUT2D eigenvalue weighted by molar-refractivity contribution is 6.74. The predicted octanol–water partition coefficient (Wildman–Crippen LogP) is 13.1. The van der Waals surface area contributed by atoms with Crippen LogP contribution in [0, 0.1) is 0 Å². The minimum Gasteiger partial charge on any atom is -0.310 e. The zero-order chi connectivity index (χ0) is 36.6. The molecule has 0 aliphatic heterocycles. The van der Waals surface area contributed by atoms with Gasteiger partial charge in [0, 0.05) is 33.5 Å². The van der Waals surface area contributed by atoms with Crippen LogP contribution in [0.15, 0.2) is 182 Å². The summed E-state index contributed by atoms with van der Waals surface area (Å²) in [5.74, 6) is 0.839. The lowest BCUT2D eigenvalue weighted by atomic mass is 9.43. The first-order valence-electron chi connectivity index (χ1n) is 19.5. The minimum absolute atomic E-state index is 0.483. The average Bonchev–Trinajstić information content (AvgIpc) is 4.08. The maximum atomic E-state index is 2.42. The molecule has 2 nitrogen and oxygen atoms in total. The third-order valence-corrected chi connectivity index (χ3v) is 11.4. The van der Waals surface area contributed by atoms with Gasteiger partial charge in [-0.1, -0.05) is 171 Å². The van der Waals surface area contributed by atoms with E-state index in [1.165, 1.54) is 67.8 Å². The fourth-order valence-corrected chi connectivity index (χ4v) is 8.08. The third-order valence-electron chi connectivity index (χ3n) is 11.4. The molecule has 1 saturated carbocycles. The van der Waals surface area contributed by atoms with Crippen molar-refractivity contribution in [1.82, 2.24) is 0 Å². The van der Waals surface area contributed by atoms with Gasteiger partial charge in [0.15, 0.2) is 13.4 Å². The van der Waals surface area contributed by atoms with Crippen molar-refractivity contribution in [2.45, 2.75) is 39.1 Å². The summed E-state index contributed by atoms with van der Waals surface area (Å²) in [6.07, 6.45) is 2.72. The van der Waals surface area contributed by atoms with Crippen LogP contribution in [-0.2, 0) is 0 Å². The SMILES string of the molecule is CB(C)c1ccc(N(c2ccc(-c3ccc(N(c4ccccc4)c4cccc5cc(B(C)C6CC6)ccc45)cc3)cc2)c2cccc3ccccc23)cc1. The molecule has 1 aliphatic rings. The molecule has 0 radical (unpaired) electrons. The topological polar surface area (TPSA) is 6.48 Å². The smallest absolute Gasteiger partial charge is 0.175 e. The van der Waals surface area contributed by atoms with Gasteiger partial charge in [-0.15, -0.1) is 0 Å². The number of fused-ring (bicyclic) bond motifs is 2. The highest BCUT2D eigenvalue weighted by atomic mass is 15.1. The largest absolute Gasteiger partial charge is 0.310 e. The standard InChI is InChI=1S/C50H44B2N2/c1-51(2)40-25-32-46(33-26-40)54(49-17-9-12-38-11-7-8-16-47(38)49)45-30-21-37(22-31-45)36-19-28-44(29-20-36)53(43-14-5-4-6-15-43)50-18-10-13-39-35-42(27-34-48(39)50)52(3)41-23-24-41/h4-22,25-35,41H,23-24H2,1-3H3. The Labute approximate surface area is 320 Å². The minimum atomic E-state index is 0.483. The van der Waals surface area contributed by atoms with Crippen molar-refractivity contribution in [3.63, 3.8) is 0 Å². The molecule has 0 atom stereocenters. The molecule has 0 unspecified atom stereocenters. The molecule has 54 heavy (non-hydrogen) atoms. The third kappa shape index (κ3) is 6.58. The monoisotopic (exact) mass is 694 g/mol. The number of nitrogens with zero attached hydrogens (tertiary/aromatic N) is 2. The molecule has 9 rings (SSSR count). The first-order chi connectivity index (χ1) is 26.5. The highest BCUT2D eigenvalue weighted by Gasteiger charge is 2.31. The van der Waals surface area contributed by atoms with Gasteiger partial charge in [0.25, 0.3) is 0 Å². The zero-order valence-electron chi connectivity index (χ0n) is 31.4. The van der Waals surface area contributed by atoms with Gasteiger partial charge in [0.2, 0.25) is 0 Å². The van der Waals surface area contributed by atoms with Crippen molar-refractivity contribution in [3.8, 4) is 11.1 Å². The molecule has 0 N–H and O–H groups in total. The lowest BCUT2D eigenvalue weighted by Gasteiger charge is -2.28. The average molecular weight is 695 g/mol. The van der Waals surface area contributed by atoms with Crippen LogP contribution in [0.1, 0.15) is 12.8 Å². The molecule has 0 amide bonds. The van der Waals surface area contributed by atoms with Crippen LogP contribution in [0.4, 0.5) is 34.1 Å². The molecule has 8 aromatic carbocycles.